The molecule has 5 nitrogen and oxygen atoms in total. The van der Waals surface area contributed by atoms with Crippen LogP contribution in [0.2, 0.25) is 0 Å². The van der Waals surface area contributed by atoms with Crippen molar-refractivity contribution in [3.05, 3.63) is 65.7 Å². The molecule has 0 bridgehead atoms. The van der Waals surface area contributed by atoms with Crippen LogP contribution in [0.4, 0.5) is 0 Å². The quantitative estimate of drug-likeness (QED) is 0.800. The zero-order valence-corrected chi connectivity index (χ0v) is 14.5. The molecule has 1 unspecified atom stereocenters. The Hall–Kier alpha value is -2.82. The molecule has 25 heavy (non-hydrogen) atoms. The maximum absolute atomic E-state index is 12.4. The van der Waals surface area contributed by atoms with Gasteiger partial charge in [-0.2, -0.15) is 0 Å². The predicted molar refractivity (Wildman–Crippen MR) is 95.5 cm³/mol. The highest BCUT2D eigenvalue weighted by molar-refractivity contribution is 5.76. The average molecular weight is 341 g/mol. The third kappa shape index (κ3) is 5.95. The first-order valence-electron chi connectivity index (χ1n) is 8.18. The summed E-state index contributed by atoms with van der Waals surface area (Å²) in [5.41, 5.74) is 2.12. The molecule has 1 atom stereocenters. The number of rotatable bonds is 8. The third-order valence-corrected chi connectivity index (χ3v) is 3.98. The fourth-order valence-electron chi connectivity index (χ4n) is 2.52. The number of aliphatic carboxylic acids is 1. The van der Waals surface area contributed by atoms with E-state index in [1.807, 2.05) is 42.5 Å². The standard InChI is InChI=1S/C20H23NO4/c1-15(17-6-4-3-5-7-17)12-19(22)21(2)13-16-8-10-18(11-9-16)25-14-20(23)24/h3-11,15H,12-14H2,1-2H3,(H,23,24). The van der Waals surface area contributed by atoms with Crippen molar-refractivity contribution in [1.29, 1.82) is 0 Å². The summed E-state index contributed by atoms with van der Waals surface area (Å²) in [7, 11) is 1.79. The SMILES string of the molecule is CC(CC(=O)N(C)Cc1ccc(OCC(=O)O)cc1)c1ccccc1. The van der Waals surface area contributed by atoms with Gasteiger partial charge in [-0.3, -0.25) is 4.79 Å². The Labute approximate surface area is 147 Å². The lowest BCUT2D eigenvalue weighted by Gasteiger charge is -2.20. The van der Waals surface area contributed by atoms with E-state index in [1.54, 1.807) is 24.1 Å². The van der Waals surface area contributed by atoms with Gasteiger partial charge in [0.1, 0.15) is 5.75 Å². The molecule has 1 amide bonds. The monoisotopic (exact) mass is 341 g/mol. The van der Waals surface area contributed by atoms with Crippen LogP contribution in [0.1, 0.15) is 30.4 Å². The first kappa shape index (κ1) is 18.5. The van der Waals surface area contributed by atoms with Crippen LogP contribution < -0.4 is 4.74 Å². The highest BCUT2D eigenvalue weighted by atomic mass is 16.5. The van der Waals surface area contributed by atoms with Gasteiger partial charge < -0.3 is 14.7 Å². The van der Waals surface area contributed by atoms with E-state index in [4.69, 9.17) is 9.84 Å². The highest BCUT2D eigenvalue weighted by Gasteiger charge is 2.15. The molecule has 0 saturated heterocycles. The summed E-state index contributed by atoms with van der Waals surface area (Å²) in [5, 5.41) is 8.59. The van der Waals surface area contributed by atoms with Crippen LogP contribution in [-0.2, 0) is 16.1 Å². The molecule has 0 heterocycles. The summed E-state index contributed by atoms with van der Waals surface area (Å²) in [6, 6.07) is 17.1. The van der Waals surface area contributed by atoms with Gasteiger partial charge in [0.25, 0.3) is 0 Å². The number of carbonyl (C=O) groups is 2. The Kier molecular flexibility index (Phi) is 6.57. The van der Waals surface area contributed by atoms with Crippen LogP contribution in [0.5, 0.6) is 5.75 Å². The van der Waals surface area contributed by atoms with Gasteiger partial charge in [-0.25, -0.2) is 4.79 Å². The summed E-state index contributed by atoms with van der Waals surface area (Å²) in [6.45, 7) is 2.18. The van der Waals surface area contributed by atoms with Crippen molar-refractivity contribution in [3.8, 4) is 5.75 Å². The average Bonchev–Trinajstić information content (AvgIpc) is 2.61. The Bertz CT molecular complexity index is 697. The van der Waals surface area contributed by atoms with Crippen molar-refractivity contribution in [2.75, 3.05) is 13.7 Å². The van der Waals surface area contributed by atoms with Crippen molar-refractivity contribution in [3.63, 3.8) is 0 Å². The predicted octanol–water partition coefficient (Wildman–Crippen LogP) is 3.30. The lowest BCUT2D eigenvalue weighted by molar-refractivity contribution is -0.139. The number of nitrogens with zero attached hydrogens (tertiary/aromatic N) is 1. The van der Waals surface area contributed by atoms with E-state index in [0.29, 0.717) is 18.7 Å². The summed E-state index contributed by atoms with van der Waals surface area (Å²) < 4.78 is 5.10. The molecule has 1 N–H and O–H groups in total. The number of amides is 1. The topological polar surface area (TPSA) is 66.8 Å². The van der Waals surface area contributed by atoms with Crippen LogP contribution in [0.25, 0.3) is 0 Å². The fourth-order valence-corrected chi connectivity index (χ4v) is 2.52. The van der Waals surface area contributed by atoms with Crippen molar-refractivity contribution in [2.45, 2.75) is 25.8 Å². The fraction of sp³-hybridized carbons (Fsp3) is 0.300. The minimum Gasteiger partial charge on any atom is -0.482 e. The van der Waals surface area contributed by atoms with E-state index >= 15 is 0 Å². The zero-order chi connectivity index (χ0) is 18.2. The number of hydrogen-bond acceptors (Lipinski definition) is 3. The van der Waals surface area contributed by atoms with Crippen LogP contribution >= 0.6 is 0 Å². The van der Waals surface area contributed by atoms with E-state index in [1.165, 1.54) is 0 Å². The lowest BCUT2D eigenvalue weighted by Crippen LogP contribution is -2.27. The van der Waals surface area contributed by atoms with E-state index < -0.39 is 5.97 Å². The highest BCUT2D eigenvalue weighted by Crippen LogP contribution is 2.20. The largest absolute Gasteiger partial charge is 0.482 e. The number of benzene rings is 2. The molecular formula is C20H23NO4. The van der Waals surface area contributed by atoms with Gasteiger partial charge in [-0.1, -0.05) is 49.4 Å². The summed E-state index contributed by atoms with van der Waals surface area (Å²) in [6.07, 6.45) is 0.459. The Morgan fingerprint density at radius 2 is 1.72 bits per heavy atom. The molecule has 0 aliphatic rings. The van der Waals surface area contributed by atoms with Gasteiger partial charge in [0.15, 0.2) is 6.61 Å². The van der Waals surface area contributed by atoms with Crippen LogP contribution in [0, 0.1) is 0 Å². The molecule has 0 aliphatic heterocycles. The van der Waals surface area contributed by atoms with Crippen molar-refractivity contribution in [2.24, 2.45) is 0 Å². The first-order valence-corrected chi connectivity index (χ1v) is 8.18. The number of carbonyl (C=O) groups excluding carboxylic acids is 1. The Balaban J connectivity index is 1.87. The van der Waals surface area contributed by atoms with Gasteiger partial charge in [-0.15, -0.1) is 0 Å². The normalized spacial score (nSPS) is 11.6. The van der Waals surface area contributed by atoms with Gasteiger partial charge in [0.05, 0.1) is 0 Å². The van der Waals surface area contributed by atoms with Gasteiger partial charge in [0.2, 0.25) is 5.91 Å². The third-order valence-electron chi connectivity index (χ3n) is 3.98. The lowest BCUT2D eigenvalue weighted by atomic mass is 9.97. The minimum atomic E-state index is -1.01. The van der Waals surface area contributed by atoms with Gasteiger partial charge >= 0.3 is 5.97 Å². The summed E-state index contributed by atoms with van der Waals surface area (Å²) >= 11 is 0. The van der Waals surface area contributed by atoms with Crippen molar-refractivity contribution >= 4 is 11.9 Å². The van der Waals surface area contributed by atoms with E-state index in [9.17, 15) is 9.59 Å². The first-order chi connectivity index (χ1) is 12.0. The molecule has 0 fully saturated rings. The molecule has 2 aromatic carbocycles. The second kappa shape index (κ2) is 8.87. The van der Waals surface area contributed by atoms with Crippen LogP contribution in [0.15, 0.2) is 54.6 Å². The summed E-state index contributed by atoms with van der Waals surface area (Å²) in [5.74, 6) is -0.259. The second-order valence-electron chi connectivity index (χ2n) is 6.09. The van der Waals surface area contributed by atoms with Gasteiger partial charge in [0, 0.05) is 20.0 Å². The molecule has 132 valence electrons. The van der Waals surface area contributed by atoms with Crippen LogP contribution in [-0.4, -0.2) is 35.5 Å². The van der Waals surface area contributed by atoms with Crippen LogP contribution in [0.3, 0.4) is 0 Å². The maximum atomic E-state index is 12.4. The Morgan fingerprint density at radius 3 is 2.32 bits per heavy atom. The molecule has 5 heteroatoms. The van der Waals surface area contributed by atoms with Crippen molar-refractivity contribution < 1.29 is 19.4 Å². The minimum absolute atomic E-state index is 0.0857. The smallest absolute Gasteiger partial charge is 0.341 e. The second-order valence-corrected chi connectivity index (χ2v) is 6.09. The maximum Gasteiger partial charge on any atom is 0.341 e. The molecule has 2 rings (SSSR count). The number of hydrogen-bond donors (Lipinski definition) is 1. The molecule has 2 aromatic rings. The van der Waals surface area contributed by atoms with E-state index in [-0.39, 0.29) is 18.4 Å². The van der Waals surface area contributed by atoms with E-state index in [2.05, 4.69) is 6.92 Å². The molecule has 0 spiro atoms. The number of ether oxygens (including phenoxy) is 1. The molecule has 0 aliphatic carbocycles. The summed E-state index contributed by atoms with van der Waals surface area (Å²) in [4.78, 5) is 24.6. The van der Waals surface area contributed by atoms with Gasteiger partial charge in [-0.05, 0) is 29.2 Å². The molecule has 0 aromatic heterocycles. The molecule has 0 radical (unpaired) electrons. The molecular weight excluding hydrogens is 318 g/mol. The number of carboxylic acid groups (broad SMARTS) is 1. The van der Waals surface area contributed by atoms with Crippen molar-refractivity contribution in [1.82, 2.24) is 4.90 Å². The zero-order valence-electron chi connectivity index (χ0n) is 14.5. The van der Waals surface area contributed by atoms with E-state index in [0.717, 1.165) is 11.1 Å². The number of carboxylic acids is 1. The molecule has 0 saturated carbocycles. The Morgan fingerprint density at radius 1 is 1.08 bits per heavy atom.